The zero-order chi connectivity index (χ0) is 22.1. The molecule has 0 spiro atoms. The first-order valence-corrected chi connectivity index (χ1v) is 10.1. The summed E-state index contributed by atoms with van der Waals surface area (Å²) in [5, 5.41) is 13.6. The summed E-state index contributed by atoms with van der Waals surface area (Å²) in [6.07, 6.45) is -0.138. The fourth-order valence-electron chi connectivity index (χ4n) is 2.76. The number of H-pyrrole nitrogens is 1. The highest BCUT2D eigenvalue weighted by atomic mass is 127. The Morgan fingerprint density at radius 2 is 1.78 bits per heavy atom. The average molecular weight is 554 g/mol. The van der Waals surface area contributed by atoms with E-state index in [0.29, 0.717) is 43.0 Å². The first-order chi connectivity index (χ1) is 15.1. The highest BCUT2D eigenvalue weighted by molar-refractivity contribution is 14.0. The van der Waals surface area contributed by atoms with Crippen LogP contribution in [0.4, 0.5) is 4.39 Å². The van der Waals surface area contributed by atoms with Crippen molar-refractivity contribution in [1.29, 1.82) is 0 Å². The number of nitrogens with zero attached hydrogens (tertiary/aromatic N) is 3. The lowest BCUT2D eigenvalue weighted by Crippen LogP contribution is -2.41. The van der Waals surface area contributed by atoms with Crippen LogP contribution in [-0.4, -0.2) is 47.4 Å². The number of guanidine groups is 1. The summed E-state index contributed by atoms with van der Waals surface area (Å²) in [5.41, 5.74) is 0.893. The maximum absolute atomic E-state index is 13.0. The molecule has 0 saturated carbocycles. The Bertz CT molecular complexity index is 979. The van der Waals surface area contributed by atoms with Crippen LogP contribution >= 0.6 is 24.0 Å². The lowest BCUT2D eigenvalue weighted by Gasteiger charge is -2.17. The first kappa shape index (κ1) is 25.4. The number of benzene rings is 2. The molecule has 32 heavy (non-hydrogen) atoms. The van der Waals surface area contributed by atoms with Crippen molar-refractivity contribution >= 4 is 29.9 Å². The molecule has 0 aliphatic heterocycles. The number of halogens is 2. The fraction of sp³-hybridized carbons (Fsp3) is 0.318. The normalized spacial score (nSPS) is 11.9. The summed E-state index contributed by atoms with van der Waals surface area (Å²) in [6.45, 7) is 5.50. The van der Waals surface area contributed by atoms with Crippen molar-refractivity contribution in [3.8, 4) is 22.9 Å². The molecule has 3 N–H and O–H groups in total. The molecule has 3 rings (SSSR count). The Morgan fingerprint density at radius 3 is 2.44 bits per heavy atom. The molecule has 1 unspecified atom stereocenters. The second-order valence-corrected chi connectivity index (χ2v) is 6.79. The number of aliphatic imine (C=N–C) groups is 1. The van der Waals surface area contributed by atoms with E-state index in [1.54, 1.807) is 19.2 Å². The van der Waals surface area contributed by atoms with Crippen molar-refractivity contribution in [3.05, 3.63) is 60.2 Å². The molecule has 10 heteroatoms. The second kappa shape index (κ2) is 12.8. The van der Waals surface area contributed by atoms with Gasteiger partial charge in [0.25, 0.3) is 0 Å². The summed E-state index contributed by atoms with van der Waals surface area (Å²) in [7, 11) is 1.63. The van der Waals surface area contributed by atoms with Crippen LogP contribution in [0.15, 0.2) is 53.5 Å². The molecule has 1 atom stereocenters. The van der Waals surface area contributed by atoms with Crippen LogP contribution in [0.1, 0.15) is 19.7 Å². The van der Waals surface area contributed by atoms with Gasteiger partial charge in [-0.2, -0.15) is 5.10 Å². The van der Waals surface area contributed by atoms with Crippen LogP contribution in [0, 0.1) is 5.82 Å². The van der Waals surface area contributed by atoms with E-state index in [9.17, 15) is 4.39 Å². The summed E-state index contributed by atoms with van der Waals surface area (Å²) in [5.74, 6) is 3.00. The van der Waals surface area contributed by atoms with Crippen LogP contribution < -0.4 is 20.1 Å². The van der Waals surface area contributed by atoms with Crippen molar-refractivity contribution in [2.45, 2.75) is 26.5 Å². The Kier molecular flexibility index (Phi) is 10.2. The Hall–Kier alpha value is -2.89. The average Bonchev–Trinajstić information content (AvgIpc) is 3.26. The predicted octanol–water partition coefficient (Wildman–Crippen LogP) is 3.76. The third kappa shape index (κ3) is 7.66. The molecule has 1 heterocycles. The fourth-order valence-corrected chi connectivity index (χ4v) is 2.76. The lowest BCUT2D eigenvalue weighted by molar-refractivity contribution is 0.223. The smallest absolute Gasteiger partial charge is 0.191 e. The zero-order valence-electron chi connectivity index (χ0n) is 18.3. The monoisotopic (exact) mass is 554 g/mol. The molecule has 172 valence electrons. The van der Waals surface area contributed by atoms with Gasteiger partial charge in [0.15, 0.2) is 11.8 Å². The van der Waals surface area contributed by atoms with Crippen molar-refractivity contribution < 1.29 is 13.9 Å². The summed E-state index contributed by atoms with van der Waals surface area (Å²) >= 11 is 0. The van der Waals surface area contributed by atoms with Gasteiger partial charge in [-0.1, -0.05) is 0 Å². The van der Waals surface area contributed by atoms with Crippen molar-refractivity contribution in [2.75, 3.05) is 20.2 Å². The molecule has 0 aliphatic rings. The third-order valence-corrected chi connectivity index (χ3v) is 4.32. The summed E-state index contributed by atoms with van der Waals surface area (Å²) < 4.78 is 24.0. The largest absolute Gasteiger partial charge is 0.497 e. The number of methoxy groups -OCH3 is 1. The Morgan fingerprint density at radius 1 is 1.09 bits per heavy atom. The van der Waals surface area contributed by atoms with E-state index < -0.39 is 0 Å². The van der Waals surface area contributed by atoms with Gasteiger partial charge in [0.2, 0.25) is 0 Å². The van der Waals surface area contributed by atoms with Crippen LogP contribution in [0.5, 0.6) is 11.5 Å². The quantitative estimate of drug-likeness (QED) is 0.212. The molecule has 3 aromatic rings. The van der Waals surface area contributed by atoms with E-state index in [1.807, 2.05) is 38.1 Å². The minimum atomic E-state index is -0.290. The van der Waals surface area contributed by atoms with Crippen LogP contribution in [-0.2, 0) is 6.54 Å². The van der Waals surface area contributed by atoms with Crippen LogP contribution in [0.3, 0.4) is 0 Å². The van der Waals surface area contributed by atoms with Gasteiger partial charge < -0.3 is 20.1 Å². The first-order valence-electron chi connectivity index (χ1n) is 10.1. The number of nitrogens with one attached hydrogen (secondary N) is 3. The highest BCUT2D eigenvalue weighted by Gasteiger charge is 2.08. The molecule has 0 amide bonds. The van der Waals surface area contributed by atoms with Crippen LogP contribution in [0.25, 0.3) is 11.4 Å². The van der Waals surface area contributed by atoms with Crippen molar-refractivity contribution in [2.24, 2.45) is 4.99 Å². The number of aromatic nitrogens is 3. The second-order valence-electron chi connectivity index (χ2n) is 6.79. The minimum Gasteiger partial charge on any atom is -0.497 e. The van der Waals surface area contributed by atoms with E-state index in [0.717, 1.165) is 11.3 Å². The van der Waals surface area contributed by atoms with Gasteiger partial charge in [0.05, 0.1) is 13.7 Å². The van der Waals surface area contributed by atoms with E-state index in [2.05, 4.69) is 30.8 Å². The molecule has 0 radical (unpaired) electrons. The number of rotatable bonds is 9. The van der Waals surface area contributed by atoms with Gasteiger partial charge in [-0.25, -0.2) is 14.4 Å². The van der Waals surface area contributed by atoms with Gasteiger partial charge >= 0.3 is 0 Å². The molecule has 2 aromatic carbocycles. The van der Waals surface area contributed by atoms with Gasteiger partial charge in [0, 0.05) is 12.1 Å². The lowest BCUT2D eigenvalue weighted by atomic mass is 10.2. The molecular formula is C22H28FIN6O2. The summed E-state index contributed by atoms with van der Waals surface area (Å²) in [4.78, 5) is 9.05. The molecule has 0 bridgehead atoms. The molecular weight excluding hydrogens is 526 g/mol. The predicted molar refractivity (Wildman–Crippen MR) is 133 cm³/mol. The summed E-state index contributed by atoms with van der Waals surface area (Å²) in [6, 6.07) is 13.5. The number of ether oxygens (including phenoxy) is 2. The maximum atomic E-state index is 13.0. The number of hydrogen-bond acceptors (Lipinski definition) is 5. The Balaban J connectivity index is 0.00000363. The number of aromatic amines is 1. The van der Waals surface area contributed by atoms with Crippen molar-refractivity contribution in [3.63, 3.8) is 0 Å². The SMILES string of the molecule is CCNC(=NCc1nc(-c2ccc(OC)cc2)n[nH]1)NCC(C)Oc1ccc(F)cc1.I. The Labute approximate surface area is 204 Å². The highest BCUT2D eigenvalue weighted by Crippen LogP contribution is 2.19. The maximum Gasteiger partial charge on any atom is 0.191 e. The molecule has 0 fully saturated rings. The van der Waals surface area contributed by atoms with Gasteiger partial charge in [-0.3, -0.25) is 5.10 Å². The molecule has 8 nitrogen and oxygen atoms in total. The van der Waals surface area contributed by atoms with Crippen LogP contribution in [0.2, 0.25) is 0 Å². The van der Waals surface area contributed by atoms with Crippen molar-refractivity contribution in [1.82, 2.24) is 25.8 Å². The van der Waals surface area contributed by atoms with Gasteiger partial charge in [-0.15, -0.1) is 24.0 Å². The van der Waals surface area contributed by atoms with Gasteiger partial charge in [-0.05, 0) is 62.4 Å². The number of hydrogen-bond donors (Lipinski definition) is 3. The molecule has 1 aromatic heterocycles. The molecule has 0 saturated heterocycles. The standard InChI is InChI=1S/C22H27FN6O2.HI/c1-4-24-22(25-13-15(2)31-19-11-7-17(23)8-12-19)26-14-20-27-21(29-28-20)16-5-9-18(30-3)10-6-16;/h5-12,15H,4,13-14H2,1-3H3,(H2,24,25,26)(H,27,28,29);1H. The van der Waals surface area contributed by atoms with E-state index in [4.69, 9.17) is 9.47 Å². The topological polar surface area (TPSA) is 96.5 Å². The molecule has 0 aliphatic carbocycles. The zero-order valence-corrected chi connectivity index (χ0v) is 20.6. The van der Waals surface area contributed by atoms with Gasteiger partial charge in [0.1, 0.15) is 35.8 Å². The third-order valence-electron chi connectivity index (χ3n) is 4.32. The van der Waals surface area contributed by atoms with E-state index >= 15 is 0 Å². The van der Waals surface area contributed by atoms with E-state index in [1.165, 1.54) is 12.1 Å². The van der Waals surface area contributed by atoms with E-state index in [-0.39, 0.29) is 35.9 Å². The minimum absolute atomic E-state index is 0.